The fourth-order valence-corrected chi connectivity index (χ4v) is 5.26. The number of hydrogen-bond donors (Lipinski definition) is 2. The van der Waals surface area contributed by atoms with Crippen LogP contribution in [0, 0.1) is 29.1 Å². The Morgan fingerprint density at radius 3 is 2.48 bits per heavy atom. The maximum absolute atomic E-state index is 12.3. The standard InChI is InChI=1S/C18H28O5/c1-11(3-7-16(20)21)13-5-6-14-12(4-8-17(22)23)15(19)9-10-18(13,14)2/h11-14H,3-10H2,1-2H3,(H,20,21)(H,22,23)/t11-,12-,13+,14-,18+/m0/s1. The summed E-state index contributed by atoms with van der Waals surface area (Å²) in [6, 6.07) is 0. The molecule has 0 amide bonds. The molecule has 2 rings (SSSR count). The number of fused-ring (bicyclic) bond motifs is 1. The van der Waals surface area contributed by atoms with Crippen LogP contribution < -0.4 is 0 Å². The Morgan fingerprint density at radius 1 is 1.22 bits per heavy atom. The Morgan fingerprint density at radius 2 is 1.87 bits per heavy atom. The number of carboxylic acids is 2. The van der Waals surface area contributed by atoms with Gasteiger partial charge in [0.05, 0.1) is 0 Å². The minimum atomic E-state index is -0.838. The van der Waals surface area contributed by atoms with Gasteiger partial charge in [-0.15, -0.1) is 0 Å². The van der Waals surface area contributed by atoms with Gasteiger partial charge in [-0.1, -0.05) is 13.8 Å². The molecule has 2 fully saturated rings. The smallest absolute Gasteiger partial charge is 0.303 e. The molecule has 5 nitrogen and oxygen atoms in total. The van der Waals surface area contributed by atoms with Gasteiger partial charge in [-0.2, -0.15) is 0 Å². The van der Waals surface area contributed by atoms with Crippen LogP contribution in [0.4, 0.5) is 0 Å². The van der Waals surface area contributed by atoms with Crippen LogP contribution in [0.3, 0.4) is 0 Å². The van der Waals surface area contributed by atoms with Crippen LogP contribution >= 0.6 is 0 Å². The molecule has 0 spiro atoms. The predicted molar refractivity (Wildman–Crippen MR) is 85.0 cm³/mol. The van der Waals surface area contributed by atoms with Crippen molar-refractivity contribution in [2.75, 3.05) is 0 Å². The zero-order chi connectivity index (χ0) is 17.2. The van der Waals surface area contributed by atoms with E-state index in [9.17, 15) is 14.4 Å². The normalized spacial score (nSPS) is 34.9. The van der Waals surface area contributed by atoms with Crippen molar-refractivity contribution in [2.24, 2.45) is 29.1 Å². The molecule has 0 aromatic rings. The van der Waals surface area contributed by atoms with Gasteiger partial charge in [0, 0.05) is 25.2 Å². The topological polar surface area (TPSA) is 91.7 Å². The second-order valence-corrected chi connectivity index (χ2v) is 7.71. The third-order valence-corrected chi connectivity index (χ3v) is 6.46. The van der Waals surface area contributed by atoms with E-state index in [1.165, 1.54) is 0 Å². The van der Waals surface area contributed by atoms with E-state index >= 15 is 0 Å². The lowest BCUT2D eigenvalue weighted by atomic mass is 9.58. The fraction of sp³-hybridized carbons (Fsp3) is 0.833. The van der Waals surface area contributed by atoms with E-state index in [0.717, 1.165) is 19.3 Å². The summed E-state index contributed by atoms with van der Waals surface area (Å²) in [7, 11) is 0. The lowest BCUT2D eigenvalue weighted by Gasteiger charge is -2.46. The Labute approximate surface area is 137 Å². The van der Waals surface area contributed by atoms with E-state index < -0.39 is 11.9 Å². The van der Waals surface area contributed by atoms with Gasteiger partial charge in [0.2, 0.25) is 0 Å². The number of rotatable bonds is 7. The average Bonchev–Trinajstić information content (AvgIpc) is 2.81. The molecule has 0 radical (unpaired) electrons. The summed E-state index contributed by atoms with van der Waals surface area (Å²) in [4.78, 5) is 34.0. The quantitative estimate of drug-likeness (QED) is 0.749. The number of carbonyl (C=O) groups is 3. The number of ketones is 1. The van der Waals surface area contributed by atoms with Gasteiger partial charge in [-0.3, -0.25) is 14.4 Å². The Bertz CT molecular complexity index is 486. The minimum Gasteiger partial charge on any atom is -0.481 e. The molecule has 0 heterocycles. The molecule has 0 unspecified atom stereocenters. The summed E-state index contributed by atoms with van der Waals surface area (Å²) < 4.78 is 0. The van der Waals surface area contributed by atoms with E-state index in [1.807, 2.05) is 0 Å². The summed E-state index contributed by atoms with van der Waals surface area (Å²) >= 11 is 0. The third-order valence-electron chi connectivity index (χ3n) is 6.46. The maximum Gasteiger partial charge on any atom is 0.303 e. The Balaban J connectivity index is 2.09. The molecule has 2 N–H and O–H groups in total. The van der Waals surface area contributed by atoms with Gasteiger partial charge < -0.3 is 10.2 Å². The molecule has 0 saturated heterocycles. The summed E-state index contributed by atoms with van der Waals surface area (Å²) in [5.41, 5.74) is 0.0506. The molecular weight excluding hydrogens is 296 g/mol. The number of Topliss-reactive ketones (excluding diaryl/α,β-unsaturated/α-hetero) is 1. The largest absolute Gasteiger partial charge is 0.481 e. The molecular formula is C18H28O5. The lowest BCUT2D eigenvalue weighted by Crippen LogP contribution is -2.43. The molecule has 5 atom stereocenters. The lowest BCUT2D eigenvalue weighted by molar-refractivity contribution is -0.139. The SMILES string of the molecule is C[C@@H](CCC(=O)O)[C@H]1CC[C@H]2[C@H](CCC(=O)O)C(=O)CC[C@]12C. The number of carbonyl (C=O) groups excluding carboxylic acids is 1. The number of hydrogen-bond acceptors (Lipinski definition) is 3. The number of aliphatic carboxylic acids is 2. The third kappa shape index (κ3) is 3.75. The number of carboxylic acid groups (broad SMARTS) is 2. The highest BCUT2D eigenvalue weighted by atomic mass is 16.4. The van der Waals surface area contributed by atoms with Crippen LogP contribution in [0.1, 0.15) is 65.2 Å². The first kappa shape index (κ1) is 18.0. The first-order chi connectivity index (χ1) is 10.8. The van der Waals surface area contributed by atoms with E-state index in [1.54, 1.807) is 0 Å². The summed E-state index contributed by atoms with van der Waals surface area (Å²) in [6.07, 6.45) is 4.78. The first-order valence-corrected chi connectivity index (χ1v) is 8.72. The predicted octanol–water partition coefficient (Wildman–Crippen LogP) is 3.36. The van der Waals surface area contributed by atoms with Crippen molar-refractivity contribution in [1.82, 2.24) is 0 Å². The summed E-state index contributed by atoms with van der Waals surface area (Å²) in [5.74, 6) is -0.458. The van der Waals surface area contributed by atoms with Gasteiger partial charge in [-0.25, -0.2) is 0 Å². The van der Waals surface area contributed by atoms with E-state index in [-0.39, 0.29) is 35.9 Å². The van der Waals surface area contributed by atoms with Crippen molar-refractivity contribution in [1.29, 1.82) is 0 Å². The van der Waals surface area contributed by atoms with Gasteiger partial charge in [0.15, 0.2) is 0 Å². The molecule has 0 aromatic carbocycles. The highest BCUT2D eigenvalue weighted by molar-refractivity contribution is 5.83. The zero-order valence-corrected chi connectivity index (χ0v) is 14.1. The van der Waals surface area contributed by atoms with Gasteiger partial charge in [0.1, 0.15) is 5.78 Å². The van der Waals surface area contributed by atoms with Crippen LogP contribution in [-0.4, -0.2) is 27.9 Å². The second-order valence-electron chi connectivity index (χ2n) is 7.71. The van der Waals surface area contributed by atoms with Crippen molar-refractivity contribution in [3.05, 3.63) is 0 Å². The van der Waals surface area contributed by atoms with Crippen LogP contribution in [-0.2, 0) is 14.4 Å². The molecule has 5 heteroatoms. The zero-order valence-electron chi connectivity index (χ0n) is 14.1. The van der Waals surface area contributed by atoms with Crippen LogP contribution in [0.2, 0.25) is 0 Å². The molecule has 130 valence electrons. The highest BCUT2D eigenvalue weighted by Crippen LogP contribution is 2.59. The first-order valence-electron chi connectivity index (χ1n) is 8.72. The van der Waals surface area contributed by atoms with E-state index in [2.05, 4.69) is 13.8 Å². The molecule has 0 bridgehead atoms. The monoisotopic (exact) mass is 324 g/mol. The van der Waals surface area contributed by atoms with Crippen LogP contribution in [0.5, 0.6) is 0 Å². The van der Waals surface area contributed by atoms with Gasteiger partial charge in [0.25, 0.3) is 0 Å². The molecule has 0 aliphatic heterocycles. The molecule has 2 aliphatic carbocycles. The average molecular weight is 324 g/mol. The van der Waals surface area contributed by atoms with Crippen molar-refractivity contribution >= 4 is 17.7 Å². The molecule has 2 aliphatic rings. The fourth-order valence-electron chi connectivity index (χ4n) is 5.26. The second kappa shape index (κ2) is 7.02. The van der Waals surface area contributed by atoms with Crippen LogP contribution in [0.15, 0.2) is 0 Å². The van der Waals surface area contributed by atoms with Crippen LogP contribution in [0.25, 0.3) is 0 Å². The molecule has 23 heavy (non-hydrogen) atoms. The highest BCUT2D eigenvalue weighted by Gasteiger charge is 2.54. The molecule has 0 aromatic heterocycles. The van der Waals surface area contributed by atoms with Gasteiger partial charge >= 0.3 is 11.9 Å². The summed E-state index contributed by atoms with van der Waals surface area (Å²) in [5, 5.41) is 17.8. The van der Waals surface area contributed by atoms with E-state index in [0.29, 0.717) is 31.1 Å². The van der Waals surface area contributed by atoms with Crippen molar-refractivity contribution in [2.45, 2.75) is 65.2 Å². The maximum atomic E-state index is 12.3. The summed E-state index contributed by atoms with van der Waals surface area (Å²) in [6.45, 7) is 4.37. The van der Waals surface area contributed by atoms with Gasteiger partial charge in [-0.05, 0) is 55.3 Å². The van der Waals surface area contributed by atoms with Crippen molar-refractivity contribution in [3.8, 4) is 0 Å². The van der Waals surface area contributed by atoms with Crippen molar-refractivity contribution < 1.29 is 24.6 Å². The Kier molecular flexibility index (Phi) is 5.48. The molecule has 2 saturated carbocycles. The Hall–Kier alpha value is -1.39. The van der Waals surface area contributed by atoms with E-state index in [4.69, 9.17) is 10.2 Å². The van der Waals surface area contributed by atoms with Crippen molar-refractivity contribution in [3.63, 3.8) is 0 Å². The minimum absolute atomic E-state index is 0.0506.